The quantitative estimate of drug-likeness (QED) is 0.797. The van der Waals surface area contributed by atoms with E-state index in [4.69, 9.17) is 4.74 Å². The van der Waals surface area contributed by atoms with Crippen LogP contribution in [0.4, 0.5) is 0 Å². The summed E-state index contributed by atoms with van der Waals surface area (Å²) in [6.07, 6.45) is 1.46. The fraction of sp³-hybridized carbons (Fsp3) is 0.571. The highest BCUT2D eigenvalue weighted by Gasteiger charge is 2.06. The molecule has 2 nitrogen and oxygen atoms in total. The molecule has 1 aromatic carbocycles. The third kappa shape index (κ3) is 4.23. The number of aliphatic hydroxyl groups excluding tert-OH is 1. The summed E-state index contributed by atoms with van der Waals surface area (Å²) in [5.41, 5.74) is 0.971. The van der Waals surface area contributed by atoms with Gasteiger partial charge in [-0.15, -0.1) is 0 Å². The molecule has 1 N–H and O–H groups in total. The molecule has 1 rings (SSSR count). The van der Waals surface area contributed by atoms with Gasteiger partial charge in [0.15, 0.2) is 0 Å². The minimum atomic E-state index is -0.343. The van der Waals surface area contributed by atoms with Crippen molar-refractivity contribution in [3.63, 3.8) is 0 Å². The zero-order valence-electron chi connectivity index (χ0n) is 10.4. The van der Waals surface area contributed by atoms with E-state index < -0.39 is 0 Å². The van der Waals surface area contributed by atoms with Gasteiger partial charge in [0, 0.05) is 0 Å². The third-order valence-corrected chi connectivity index (χ3v) is 2.41. The molecule has 0 radical (unpaired) electrons. The average Bonchev–Trinajstić information content (AvgIpc) is 2.27. The molecule has 0 aromatic heterocycles. The van der Waals surface area contributed by atoms with Gasteiger partial charge in [0.05, 0.1) is 12.7 Å². The van der Waals surface area contributed by atoms with Crippen LogP contribution in [-0.4, -0.2) is 11.7 Å². The van der Waals surface area contributed by atoms with Crippen LogP contribution in [0.25, 0.3) is 0 Å². The van der Waals surface area contributed by atoms with E-state index >= 15 is 0 Å². The Kier molecular flexibility index (Phi) is 5.33. The molecule has 1 aromatic rings. The largest absolute Gasteiger partial charge is 0.493 e. The van der Waals surface area contributed by atoms with Crippen molar-refractivity contribution in [2.75, 3.05) is 6.61 Å². The van der Waals surface area contributed by atoms with Crippen LogP contribution in [0.15, 0.2) is 24.3 Å². The van der Waals surface area contributed by atoms with Gasteiger partial charge in [-0.3, -0.25) is 0 Å². The predicted molar refractivity (Wildman–Crippen MR) is 66.6 cm³/mol. The molecule has 0 fully saturated rings. The van der Waals surface area contributed by atoms with Crippen molar-refractivity contribution in [1.82, 2.24) is 0 Å². The summed E-state index contributed by atoms with van der Waals surface area (Å²) in [4.78, 5) is 0. The molecule has 0 aliphatic rings. The Morgan fingerprint density at radius 3 is 2.31 bits per heavy atom. The third-order valence-electron chi connectivity index (χ3n) is 2.41. The maximum absolute atomic E-state index is 9.79. The first-order valence-electron chi connectivity index (χ1n) is 6.04. The van der Waals surface area contributed by atoms with Crippen LogP contribution < -0.4 is 4.74 Å². The van der Waals surface area contributed by atoms with E-state index in [2.05, 4.69) is 20.8 Å². The summed E-state index contributed by atoms with van der Waals surface area (Å²) in [6.45, 7) is 7.05. The molecule has 90 valence electrons. The van der Waals surface area contributed by atoms with Gasteiger partial charge in [-0.25, -0.2) is 0 Å². The summed E-state index contributed by atoms with van der Waals surface area (Å²) >= 11 is 0. The highest BCUT2D eigenvalue weighted by atomic mass is 16.5. The van der Waals surface area contributed by atoms with Crippen LogP contribution in [0.3, 0.4) is 0 Å². The first-order valence-corrected chi connectivity index (χ1v) is 6.04. The highest BCUT2D eigenvalue weighted by molar-refractivity contribution is 5.28. The average molecular weight is 222 g/mol. The van der Waals surface area contributed by atoms with Crippen LogP contribution in [-0.2, 0) is 0 Å². The molecule has 0 saturated heterocycles. The predicted octanol–water partition coefficient (Wildman–Crippen LogP) is 3.55. The molecule has 0 heterocycles. The van der Waals surface area contributed by atoms with Gasteiger partial charge >= 0.3 is 0 Å². The highest BCUT2D eigenvalue weighted by Crippen LogP contribution is 2.21. The van der Waals surface area contributed by atoms with Crippen molar-refractivity contribution < 1.29 is 9.84 Å². The molecule has 0 saturated carbocycles. The first-order chi connectivity index (χ1) is 7.63. The van der Waals surface area contributed by atoms with Crippen molar-refractivity contribution in [2.24, 2.45) is 5.92 Å². The monoisotopic (exact) mass is 222 g/mol. The number of ether oxygens (including phenoxy) is 1. The minimum absolute atomic E-state index is 0.343. The molecule has 0 amide bonds. The Bertz CT molecular complexity index is 290. The van der Waals surface area contributed by atoms with E-state index in [-0.39, 0.29) is 6.10 Å². The molecule has 16 heavy (non-hydrogen) atoms. The molecule has 1 unspecified atom stereocenters. The lowest BCUT2D eigenvalue weighted by Crippen LogP contribution is -2.04. The summed E-state index contributed by atoms with van der Waals surface area (Å²) in [5.74, 6) is 1.41. The lowest BCUT2D eigenvalue weighted by molar-refractivity contribution is 0.166. The Labute approximate surface area is 98.3 Å². The van der Waals surface area contributed by atoms with Crippen LogP contribution in [0.2, 0.25) is 0 Å². The van der Waals surface area contributed by atoms with Gasteiger partial charge in [0.1, 0.15) is 5.75 Å². The number of hydrogen-bond acceptors (Lipinski definition) is 2. The number of aliphatic hydroxyl groups is 1. The summed E-state index contributed by atoms with van der Waals surface area (Å²) in [7, 11) is 0. The maximum Gasteiger partial charge on any atom is 0.119 e. The normalized spacial score (nSPS) is 12.8. The van der Waals surface area contributed by atoms with Gasteiger partial charge in [-0.2, -0.15) is 0 Å². The smallest absolute Gasteiger partial charge is 0.119 e. The first kappa shape index (κ1) is 13.0. The van der Waals surface area contributed by atoms with E-state index in [9.17, 15) is 5.11 Å². The number of rotatable bonds is 6. The number of benzene rings is 1. The van der Waals surface area contributed by atoms with Crippen LogP contribution in [0.1, 0.15) is 45.3 Å². The van der Waals surface area contributed by atoms with Crippen LogP contribution >= 0.6 is 0 Å². The molecule has 2 heteroatoms. The standard InChI is InChI=1S/C14H22O2/c1-4-5-14(15)12-6-8-13(9-7-12)16-10-11(2)3/h6-9,11,14-15H,4-5,10H2,1-3H3. The SMILES string of the molecule is CCCC(O)c1ccc(OCC(C)C)cc1. The second-order valence-corrected chi connectivity index (χ2v) is 4.58. The van der Waals surface area contributed by atoms with E-state index in [0.717, 1.165) is 30.8 Å². The van der Waals surface area contributed by atoms with E-state index in [1.165, 1.54) is 0 Å². The van der Waals surface area contributed by atoms with Gasteiger partial charge in [0.25, 0.3) is 0 Å². The second-order valence-electron chi connectivity index (χ2n) is 4.58. The zero-order valence-corrected chi connectivity index (χ0v) is 10.4. The topological polar surface area (TPSA) is 29.5 Å². The Balaban J connectivity index is 2.53. The maximum atomic E-state index is 9.79. The molecule has 0 spiro atoms. The van der Waals surface area contributed by atoms with Crippen molar-refractivity contribution in [3.8, 4) is 5.75 Å². The van der Waals surface area contributed by atoms with Crippen LogP contribution in [0.5, 0.6) is 5.75 Å². The Hall–Kier alpha value is -1.02. The van der Waals surface area contributed by atoms with Gasteiger partial charge in [0.2, 0.25) is 0 Å². The fourth-order valence-corrected chi connectivity index (χ4v) is 1.49. The molecule has 1 atom stereocenters. The van der Waals surface area contributed by atoms with Gasteiger partial charge in [-0.1, -0.05) is 39.3 Å². The fourth-order valence-electron chi connectivity index (χ4n) is 1.49. The lowest BCUT2D eigenvalue weighted by Gasteiger charge is -2.12. The molecular weight excluding hydrogens is 200 g/mol. The summed E-state index contributed by atoms with van der Waals surface area (Å²) in [5, 5.41) is 9.79. The van der Waals surface area contributed by atoms with E-state index in [1.54, 1.807) is 0 Å². The lowest BCUT2D eigenvalue weighted by atomic mass is 10.1. The van der Waals surface area contributed by atoms with Gasteiger partial charge in [-0.05, 0) is 30.0 Å². The Morgan fingerprint density at radius 1 is 1.19 bits per heavy atom. The second kappa shape index (κ2) is 6.54. The van der Waals surface area contributed by atoms with E-state index in [0.29, 0.717) is 5.92 Å². The molecule has 0 bridgehead atoms. The van der Waals surface area contributed by atoms with Crippen LogP contribution in [0, 0.1) is 5.92 Å². The number of hydrogen-bond donors (Lipinski definition) is 1. The minimum Gasteiger partial charge on any atom is -0.493 e. The van der Waals surface area contributed by atoms with Crippen molar-refractivity contribution in [3.05, 3.63) is 29.8 Å². The molecule has 0 aliphatic heterocycles. The molecule has 0 aliphatic carbocycles. The summed E-state index contributed by atoms with van der Waals surface area (Å²) < 4.78 is 5.58. The molecular formula is C14H22O2. The van der Waals surface area contributed by atoms with Gasteiger partial charge < -0.3 is 9.84 Å². The summed E-state index contributed by atoms with van der Waals surface area (Å²) in [6, 6.07) is 7.74. The van der Waals surface area contributed by atoms with E-state index in [1.807, 2.05) is 24.3 Å². The van der Waals surface area contributed by atoms with Crippen molar-refractivity contribution >= 4 is 0 Å². The van der Waals surface area contributed by atoms with Crippen molar-refractivity contribution in [1.29, 1.82) is 0 Å². The zero-order chi connectivity index (χ0) is 12.0. The van der Waals surface area contributed by atoms with Crippen molar-refractivity contribution in [2.45, 2.75) is 39.7 Å². The Morgan fingerprint density at radius 2 is 1.81 bits per heavy atom.